The van der Waals surface area contributed by atoms with Crippen LogP contribution in [0.5, 0.6) is 0 Å². The third-order valence-electron chi connectivity index (χ3n) is 3.30. The van der Waals surface area contributed by atoms with E-state index in [1.165, 1.54) is 6.42 Å². The van der Waals surface area contributed by atoms with Gasteiger partial charge in [-0.2, -0.15) is 0 Å². The van der Waals surface area contributed by atoms with Crippen LogP contribution in [0.2, 0.25) is 0 Å². The fourth-order valence-corrected chi connectivity index (χ4v) is 2.01. The van der Waals surface area contributed by atoms with E-state index < -0.39 is 0 Å². The van der Waals surface area contributed by atoms with Gasteiger partial charge in [-0.3, -0.25) is 4.79 Å². The summed E-state index contributed by atoms with van der Waals surface area (Å²) in [6, 6.07) is 5.47. The molecular weight excluding hydrogens is 262 g/mol. The molecule has 1 aromatic rings. The molecule has 0 aliphatic carbocycles. The number of aliphatic hydroxyl groups excluding tert-OH is 1. The third-order valence-corrected chi connectivity index (χ3v) is 3.30. The summed E-state index contributed by atoms with van der Waals surface area (Å²) in [4.78, 5) is 12.1. The normalized spacial score (nSPS) is 10.1. The van der Waals surface area contributed by atoms with Gasteiger partial charge in [0.25, 0.3) is 5.91 Å². The highest BCUT2D eigenvalue weighted by atomic mass is 16.2. The van der Waals surface area contributed by atoms with Crippen LogP contribution in [0.3, 0.4) is 0 Å². The second-order valence-electron chi connectivity index (χ2n) is 5.64. The van der Waals surface area contributed by atoms with Crippen molar-refractivity contribution in [3.8, 4) is 11.8 Å². The summed E-state index contributed by atoms with van der Waals surface area (Å²) < 4.78 is 0. The van der Waals surface area contributed by atoms with Crippen LogP contribution in [0.1, 0.15) is 54.6 Å². The molecule has 0 aliphatic heterocycles. The number of hydrogen-bond donors (Lipinski definition) is 2. The number of hydrogen-bond acceptors (Lipinski definition) is 2. The van der Waals surface area contributed by atoms with Crippen molar-refractivity contribution in [2.24, 2.45) is 5.92 Å². The average Bonchev–Trinajstić information content (AvgIpc) is 2.45. The van der Waals surface area contributed by atoms with Gasteiger partial charge < -0.3 is 10.4 Å². The molecule has 0 atom stereocenters. The van der Waals surface area contributed by atoms with E-state index in [-0.39, 0.29) is 12.5 Å². The van der Waals surface area contributed by atoms with Crippen molar-refractivity contribution in [2.45, 2.75) is 40.0 Å². The molecule has 0 aromatic heterocycles. The highest BCUT2D eigenvalue weighted by Crippen LogP contribution is 2.10. The van der Waals surface area contributed by atoms with E-state index in [4.69, 9.17) is 5.11 Å². The van der Waals surface area contributed by atoms with Crippen LogP contribution in [0.15, 0.2) is 18.2 Å². The van der Waals surface area contributed by atoms with Crippen LogP contribution in [0, 0.1) is 24.7 Å². The van der Waals surface area contributed by atoms with Gasteiger partial charge in [-0.05, 0) is 37.0 Å². The zero-order chi connectivity index (χ0) is 15.7. The fraction of sp³-hybridized carbons (Fsp3) is 0.500. The summed E-state index contributed by atoms with van der Waals surface area (Å²) in [5.41, 5.74) is 2.41. The second kappa shape index (κ2) is 9.20. The topological polar surface area (TPSA) is 49.3 Å². The number of unbranched alkanes of at least 4 members (excludes halogenated alkanes) is 1. The lowest BCUT2D eigenvalue weighted by molar-refractivity contribution is 0.0953. The van der Waals surface area contributed by atoms with Crippen molar-refractivity contribution in [1.29, 1.82) is 0 Å². The van der Waals surface area contributed by atoms with Gasteiger partial charge in [-0.15, -0.1) is 0 Å². The smallest absolute Gasteiger partial charge is 0.251 e. The third kappa shape index (κ3) is 6.46. The Labute approximate surface area is 127 Å². The first-order valence-electron chi connectivity index (χ1n) is 7.53. The minimum Gasteiger partial charge on any atom is -0.384 e. The van der Waals surface area contributed by atoms with Crippen molar-refractivity contribution in [3.63, 3.8) is 0 Å². The van der Waals surface area contributed by atoms with Gasteiger partial charge in [0.1, 0.15) is 6.61 Å². The van der Waals surface area contributed by atoms with E-state index >= 15 is 0 Å². The van der Waals surface area contributed by atoms with Crippen molar-refractivity contribution in [1.82, 2.24) is 5.32 Å². The number of aliphatic hydroxyl groups is 1. The lowest BCUT2D eigenvalue weighted by Gasteiger charge is -2.08. The number of rotatable bonds is 6. The summed E-state index contributed by atoms with van der Waals surface area (Å²) in [5, 5.41) is 11.7. The van der Waals surface area contributed by atoms with E-state index in [1.54, 1.807) is 6.07 Å². The molecule has 0 saturated carbocycles. The summed E-state index contributed by atoms with van der Waals surface area (Å²) in [6.07, 6.45) is 3.34. The molecule has 0 aliphatic rings. The maximum atomic E-state index is 12.1. The SMILES string of the molecule is Cc1ccc(C(=O)NCCCCC(C)C)cc1C#CCO. The molecule has 0 saturated heterocycles. The van der Waals surface area contributed by atoms with Crippen LogP contribution in [-0.2, 0) is 0 Å². The van der Waals surface area contributed by atoms with E-state index in [0.29, 0.717) is 18.0 Å². The lowest BCUT2D eigenvalue weighted by atomic mass is 10.0. The zero-order valence-electron chi connectivity index (χ0n) is 13.2. The van der Waals surface area contributed by atoms with Crippen molar-refractivity contribution in [3.05, 3.63) is 34.9 Å². The van der Waals surface area contributed by atoms with Crippen LogP contribution < -0.4 is 5.32 Å². The first-order valence-corrected chi connectivity index (χ1v) is 7.53. The molecule has 1 amide bonds. The maximum absolute atomic E-state index is 12.1. The monoisotopic (exact) mass is 287 g/mol. The number of carbonyl (C=O) groups excluding carboxylic acids is 1. The minimum absolute atomic E-state index is 0.0633. The molecule has 0 heterocycles. The van der Waals surface area contributed by atoms with Crippen LogP contribution in [-0.4, -0.2) is 24.2 Å². The van der Waals surface area contributed by atoms with Crippen LogP contribution >= 0.6 is 0 Å². The van der Waals surface area contributed by atoms with Gasteiger partial charge in [0, 0.05) is 17.7 Å². The van der Waals surface area contributed by atoms with Crippen molar-refractivity contribution >= 4 is 5.91 Å². The molecule has 3 heteroatoms. The van der Waals surface area contributed by atoms with Crippen molar-refractivity contribution in [2.75, 3.05) is 13.2 Å². The Balaban J connectivity index is 2.54. The Kier molecular flexibility index (Phi) is 7.56. The Bertz CT molecular complexity index is 524. The molecular formula is C18H25NO2. The van der Waals surface area contributed by atoms with Gasteiger partial charge in [-0.1, -0.05) is 44.6 Å². The van der Waals surface area contributed by atoms with E-state index in [9.17, 15) is 4.79 Å². The molecule has 114 valence electrons. The summed E-state index contributed by atoms with van der Waals surface area (Å²) in [7, 11) is 0. The largest absolute Gasteiger partial charge is 0.384 e. The first-order chi connectivity index (χ1) is 10.0. The quantitative estimate of drug-likeness (QED) is 0.624. The van der Waals surface area contributed by atoms with E-state index in [2.05, 4.69) is 31.0 Å². The molecule has 21 heavy (non-hydrogen) atoms. The molecule has 0 spiro atoms. The summed E-state index contributed by atoms with van der Waals surface area (Å²) in [5.74, 6) is 6.13. The summed E-state index contributed by atoms with van der Waals surface area (Å²) >= 11 is 0. The predicted octanol–water partition coefficient (Wildman–Crippen LogP) is 2.89. The van der Waals surface area contributed by atoms with Gasteiger partial charge in [0.15, 0.2) is 0 Å². The Morgan fingerprint density at radius 1 is 1.33 bits per heavy atom. The number of nitrogens with one attached hydrogen (secondary N) is 1. The number of carbonyl (C=O) groups is 1. The lowest BCUT2D eigenvalue weighted by Crippen LogP contribution is -2.24. The molecule has 0 bridgehead atoms. The Morgan fingerprint density at radius 2 is 2.10 bits per heavy atom. The maximum Gasteiger partial charge on any atom is 0.251 e. The van der Waals surface area contributed by atoms with Crippen LogP contribution in [0.25, 0.3) is 0 Å². The zero-order valence-corrected chi connectivity index (χ0v) is 13.2. The van der Waals surface area contributed by atoms with Crippen molar-refractivity contribution < 1.29 is 9.90 Å². The molecule has 0 fully saturated rings. The molecule has 3 nitrogen and oxygen atoms in total. The molecule has 1 aromatic carbocycles. The average molecular weight is 287 g/mol. The Morgan fingerprint density at radius 3 is 2.76 bits per heavy atom. The molecule has 0 unspecified atom stereocenters. The number of amides is 1. The van der Waals surface area contributed by atoms with E-state index in [0.717, 1.165) is 24.0 Å². The van der Waals surface area contributed by atoms with Gasteiger partial charge in [0.2, 0.25) is 0 Å². The number of benzene rings is 1. The highest BCUT2D eigenvalue weighted by molar-refractivity contribution is 5.94. The van der Waals surface area contributed by atoms with E-state index in [1.807, 2.05) is 19.1 Å². The van der Waals surface area contributed by atoms with Crippen LogP contribution in [0.4, 0.5) is 0 Å². The fourth-order valence-electron chi connectivity index (χ4n) is 2.01. The van der Waals surface area contributed by atoms with Gasteiger partial charge >= 0.3 is 0 Å². The predicted molar refractivity (Wildman–Crippen MR) is 86.2 cm³/mol. The minimum atomic E-state index is -0.175. The standard InChI is InChI=1S/C18H25NO2/c1-14(2)7-4-5-11-19-18(21)17-10-9-15(3)16(13-17)8-6-12-20/h9-10,13-14,20H,4-5,7,11-12H2,1-3H3,(H,19,21). The molecule has 2 N–H and O–H groups in total. The van der Waals surface area contributed by atoms with Gasteiger partial charge in [0.05, 0.1) is 0 Å². The first kappa shape index (κ1) is 17.3. The summed E-state index contributed by atoms with van der Waals surface area (Å²) in [6.45, 7) is 6.89. The second-order valence-corrected chi connectivity index (χ2v) is 5.64. The highest BCUT2D eigenvalue weighted by Gasteiger charge is 2.06. The molecule has 0 radical (unpaired) electrons. The Hall–Kier alpha value is -1.79. The van der Waals surface area contributed by atoms with Gasteiger partial charge in [-0.25, -0.2) is 0 Å². The number of aryl methyl sites for hydroxylation is 1. The molecule has 1 rings (SSSR count).